The molecule has 28 heavy (non-hydrogen) atoms. The standard InChI is InChI=1S/C17H31NO10/c1-8(21)12(5-19)27-9(2)11(18-10(3)22)7-26-17-15(24)14(23)16(25-4)13(6-20)28-17/h6,8-9,11-17,19,21,23-24H,5,7H2,1-4H3,(H,18,22)/t8?,9?,11-,12?,13?,14?,15?,16?,17?/m0/s1. The van der Waals surface area contributed by atoms with Gasteiger partial charge in [-0.05, 0) is 13.8 Å². The van der Waals surface area contributed by atoms with Crippen LogP contribution in [0.4, 0.5) is 0 Å². The zero-order valence-electron chi connectivity index (χ0n) is 16.4. The number of aldehydes is 1. The zero-order chi connectivity index (χ0) is 21.4. The van der Waals surface area contributed by atoms with E-state index in [1.807, 2.05) is 0 Å². The molecule has 9 atom stereocenters. The smallest absolute Gasteiger partial charge is 0.217 e. The summed E-state index contributed by atoms with van der Waals surface area (Å²) in [5.74, 6) is -0.378. The normalized spacial score (nSPS) is 32.2. The number of amides is 1. The van der Waals surface area contributed by atoms with Gasteiger partial charge in [0.05, 0.1) is 31.5 Å². The maximum absolute atomic E-state index is 11.5. The molecule has 1 saturated heterocycles. The largest absolute Gasteiger partial charge is 0.394 e. The van der Waals surface area contributed by atoms with Gasteiger partial charge in [-0.2, -0.15) is 0 Å². The van der Waals surface area contributed by atoms with E-state index in [2.05, 4.69) is 5.32 Å². The van der Waals surface area contributed by atoms with Gasteiger partial charge >= 0.3 is 0 Å². The van der Waals surface area contributed by atoms with Crippen LogP contribution in [0.15, 0.2) is 0 Å². The van der Waals surface area contributed by atoms with E-state index in [9.17, 15) is 30.0 Å². The lowest BCUT2D eigenvalue weighted by Gasteiger charge is -2.40. The molecular weight excluding hydrogens is 378 g/mol. The van der Waals surface area contributed by atoms with Crippen molar-refractivity contribution in [3.05, 3.63) is 0 Å². The van der Waals surface area contributed by atoms with E-state index in [0.717, 1.165) is 0 Å². The Morgan fingerprint density at radius 2 is 1.93 bits per heavy atom. The lowest BCUT2D eigenvalue weighted by atomic mass is 9.99. The Hall–Kier alpha value is -1.18. The first-order chi connectivity index (χ1) is 13.2. The number of hydrogen-bond donors (Lipinski definition) is 5. The zero-order valence-corrected chi connectivity index (χ0v) is 16.4. The second-order valence-electron chi connectivity index (χ2n) is 6.73. The number of nitrogens with one attached hydrogen (secondary N) is 1. The van der Waals surface area contributed by atoms with Gasteiger partial charge in [-0.1, -0.05) is 0 Å². The van der Waals surface area contributed by atoms with Gasteiger partial charge < -0.3 is 49.5 Å². The lowest BCUT2D eigenvalue weighted by molar-refractivity contribution is -0.293. The summed E-state index contributed by atoms with van der Waals surface area (Å²) in [6, 6.07) is -0.729. The van der Waals surface area contributed by atoms with Crippen LogP contribution < -0.4 is 5.32 Å². The van der Waals surface area contributed by atoms with Gasteiger partial charge in [0, 0.05) is 14.0 Å². The second kappa shape index (κ2) is 11.7. The fourth-order valence-electron chi connectivity index (χ4n) is 2.82. The van der Waals surface area contributed by atoms with Gasteiger partial charge in [-0.15, -0.1) is 0 Å². The summed E-state index contributed by atoms with van der Waals surface area (Å²) in [4.78, 5) is 22.7. The molecular formula is C17H31NO10. The third-order valence-corrected chi connectivity index (χ3v) is 4.49. The maximum atomic E-state index is 11.5. The number of ether oxygens (including phenoxy) is 4. The van der Waals surface area contributed by atoms with Crippen LogP contribution >= 0.6 is 0 Å². The summed E-state index contributed by atoms with van der Waals surface area (Å²) in [6.45, 7) is 3.73. The molecule has 1 aliphatic rings. The summed E-state index contributed by atoms with van der Waals surface area (Å²) < 4.78 is 21.4. The van der Waals surface area contributed by atoms with Crippen molar-refractivity contribution in [2.24, 2.45) is 0 Å². The van der Waals surface area contributed by atoms with Crippen LogP contribution in [0.5, 0.6) is 0 Å². The molecule has 1 heterocycles. The number of carbonyl (C=O) groups excluding carboxylic acids is 2. The molecule has 0 bridgehead atoms. The van der Waals surface area contributed by atoms with Crippen molar-refractivity contribution in [1.82, 2.24) is 5.32 Å². The molecule has 5 N–H and O–H groups in total. The topological polar surface area (TPSA) is 164 Å². The maximum Gasteiger partial charge on any atom is 0.217 e. The van der Waals surface area contributed by atoms with E-state index in [0.29, 0.717) is 6.29 Å². The summed E-state index contributed by atoms with van der Waals surface area (Å²) in [5.41, 5.74) is 0. The van der Waals surface area contributed by atoms with Crippen molar-refractivity contribution in [1.29, 1.82) is 0 Å². The van der Waals surface area contributed by atoms with Crippen molar-refractivity contribution < 1.29 is 49.0 Å². The fourth-order valence-corrected chi connectivity index (χ4v) is 2.82. The highest BCUT2D eigenvalue weighted by molar-refractivity contribution is 5.73. The first-order valence-electron chi connectivity index (χ1n) is 8.98. The Labute approximate surface area is 163 Å². The third kappa shape index (κ3) is 6.71. The van der Waals surface area contributed by atoms with Crippen LogP contribution in [-0.4, -0.2) is 108 Å². The number of aliphatic hydroxyl groups excluding tert-OH is 4. The molecule has 1 aliphatic heterocycles. The van der Waals surface area contributed by atoms with Gasteiger partial charge in [0.2, 0.25) is 5.91 Å². The van der Waals surface area contributed by atoms with Gasteiger partial charge in [0.25, 0.3) is 0 Å². The predicted molar refractivity (Wildman–Crippen MR) is 94.2 cm³/mol. The first-order valence-corrected chi connectivity index (χ1v) is 8.98. The average Bonchev–Trinajstić information content (AvgIpc) is 2.64. The molecule has 0 aromatic carbocycles. The van der Waals surface area contributed by atoms with Gasteiger partial charge in [-0.25, -0.2) is 0 Å². The van der Waals surface area contributed by atoms with Crippen LogP contribution in [0.3, 0.4) is 0 Å². The Morgan fingerprint density at radius 3 is 2.39 bits per heavy atom. The van der Waals surface area contributed by atoms with E-state index in [1.165, 1.54) is 21.0 Å². The lowest BCUT2D eigenvalue weighted by Crippen LogP contribution is -2.60. The molecule has 11 heteroatoms. The van der Waals surface area contributed by atoms with Crippen LogP contribution in [0, 0.1) is 0 Å². The fraction of sp³-hybridized carbons (Fsp3) is 0.882. The molecule has 1 rings (SSSR count). The van der Waals surface area contributed by atoms with Crippen molar-refractivity contribution in [3.8, 4) is 0 Å². The van der Waals surface area contributed by atoms with Crippen molar-refractivity contribution in [3.63, 3.8) is 0 Å². The minimum absolute atomic E-state index is 0.198. The van der Waals surface area contributed by atoms with Gasteiger partial charge in [0.1, 0.15) is 30.5 Å². The Balaban J connectivity index is 2.78. The van der Waals surface area contributed by atoms with Crippen LogP contribution in [0.2, 0.25) is 0 Å². The van der Waals surface area contributed by atoms with E-state index in [4.69, 9.17) is 18.9 Å². The van der Waals surface area contributed by atoms with Gasteiger partial charge in [-0.3, -0.25) is 4.79 Å². The van der Waals surface area contributed by atoms with Crippen molar-refractivity contribution in [2.75, 3.05) is 20.3 Å². The average molecular weight is 409 g/mol. The molecule has 0 aliphatic carbocycles. The highest BCUT2D eigenvalue weighted by atomic mass is 16.7. The van der Waals surface area contributed by atoms with Crippen molar-refractivity contribution >= 4 is 12.2 Å². The highest BCUT2D eigenvalue weighted by Crippen LogP contribution is 2.23. The summed E-state index contributed by atoms with van der Waals surface area (Å²) in [6.07, 6.45) is -8.49. The Morgan fingerprint density at radius 1 is 1.29 bits per heavy atom. The van der Waals surface area contributed by atoms with E-state index in [-0.39, 0.29) is 12.5 Å². The van der Waals surface area contributed by atoms with E-state index in [1.54, 1.807) is 6.92 Å². The molecule has 11 nitrogen and oxygen atoms in total. The number of methoxy groups -OCH3 is 1. The second-order valence-corrected chi connectivity index (χ2v) is 6.73. The molecule has 0 aromatic heterocycles. The van der Waals surface area contributed by atoms with E-state index < -0.39 is 61.7 Å². The summed E-state index contributed by atoms with van der Waals surface area (Å²) in [5, 5.41) is 41.8. The highest BCUT2D eigenvalue weighted by Gasteiger charge is 2.45. The SMILES string of the molecule is COC1C(C=O)OC(OC[C@H](NC(C)=O)C(C)OC(CO)C(C)O)C(O)C1O. The first kappa shape index (κ1) is 24.9. The predicted octanol–water partition coefficient (Wildman–Crippen LogP) is -2.68. The molecule has 0 saturated carbocycles. The number of aliphatic hydroxyl groups is 4. The third-order valence-electron chi connectivity index (χ3n) is 4.49. The number of hydrogen-bond acceptors (Lipinski definition) is 10. The Kier molecular flexibility index (Phi) is 10.4. The van der Waals surface area contributed by atoms with Crippen LogP contribution in [0.25, 0.3) is 0 Å². The van der Waals surface area contributed by atoms with Gasteiger partial charge in [0.15, 0.2) is 12.6 Å². The molecule has 164 valence electrons. The summed E-state index contributed by atoms with van der Waals surface area (Å²) >= 11 is 0. The Bertz CT molecular complexity index is 491. The number of carbonyl (C=O) groups is 2. The molecule has 0 spiro atoms. The minimum Gasteiger partial charge on any atom is -0.394 e. The monoisotopic (exact) mass is 409 g/mol. The number of rotatable bonds is 11. The van der Waals surface area contributed by atoms with Crippen molar-refractivity contribution in [2.45, 2.75) is 75.8 Å². The molecule has 0 aromatic rings. The summed E-state index contributed by atoms with van der Waals surface area (Å²) in [7, 11) is 1.27. The molecule has 8 unspecified atom stereocenters. The van der Waals surface area contributed by atoms with Crippen LogP contribution in [-0.2, 0) is 28.5 Å². The quantitative estimate of drug-likeness (QED) is 0.227. The molecule has 1 amide bonds. The molecule has 1 fully saturated rings. The minimum atomic E-state index is -1.49. The molecule has 0 radical (unpaired) electrons. The van der Waals surface area contributed by atoms with Crippen LogP contribution in [0.1, 0.15) is 20.8 Å². The van der Waals surface area contributed by atoms with E-state index >= 15 is 0 Å².